The zero-order chi connectivity index (χ0) is 14.5. The van der Waals surface area contributed by atoms with Gasteiger partial charge >= 0.3 is 6.03 Å². The largest absolute Gasteiger partial charge is 0.336 e. The summed E-state index contributed by atoms with van der Waals surface area (Å²) in [7, 11) is 0. The first-order valence-corrected chi connectivity index (χ1v) is 6.28. The molecule has 6 heteroatoms. The van der Waals surface area contributed by atoms with Gasteiger partial charge in [-0.3, -0.25) is 4.79 Å². The standard InChI is InChI=1S/C14H16N4O2/c1-9(2)15-14(20)16-11-5-3-10(4-6-11)12-7-8-13(19)18-17-12/h3-9H,1-2H3,(H,18,19)(H2,15,16,20). The number of carbonyl (C=O) groups is 1. The van der Waals surface area contributed by atoms with Gasteiger partial charge in [0.1, 0.15) is 0 Å². The van der Waals surface area contributed by atoms with Crippen LogP contribution in [0.5, 0.6) is 0 Å². The quantitative estimate of drug-likeness (QED) is 0.798. The van der Waals surface area contributed by atoms with Crippen LogP contribution in [0.25, 0.3) is 11.3 Å². The van der Waals surface area contributed by atoms with E-state index in [4.69, 9.17) is 0 Å². The molecule has 2 amide bonds. The summed E-state index contributed by atoms with van der Waals surface area (Å²) in [5.74, 6) is 0. The molecule has 0 radical (unpaired) electrons. The second-order valence-electron chi connectivity index (χ2n) is 4.64. The van der Waals surface area contributed by atoms with Crippen LogP contribution in [0.4, 0.5) is 10.5 Å². The van der Waals surface area contributed by atoms with Gasteiger partial charge in [-0.2, -0.15) is 5.10 Å². The first-order chi connectivity index (χ1) is 9.54. The number of nitrogens with one attached hydrogen (secondary N) is 3. The highest BCUT2D eigenvalue weighted by molar-refractivity contribution is 5.89. The number of carbonyl (C=O) groups excluding carboxylic acids is 1. The second-order valence-corrected chi connectivity index (χ2v) is 4.64. The van der Waals surface area contributed by atoms with E-state index in [0.29, 0.717) is 11.4 Å². The number of hydrogen-bond donors (Lipinski definition) is 3. The summed E-state index contributed by atoms with van der Waals surface area (Å²) in [5.41, 5.74) is 1.98. The van der Waals surface area contributed by atoms with Crippen LogP contribution in [-0.4, -0.2) is 22.3 Å². The van der Waals surface area contributed by atoms with Crippen molar-refractivity contribution in [2.45, 2.75) is 19.9 Å². The topological polar surface area (TPSA) is 86.9 Å². The fraction of sp³-hybridized carbons (Fsp3) is 0.214. The Morgan fingerprint density at radius 3 is 2.40 bits per heavy atom. The van der Waals surface area contributed by atoms with Crippen molar-refractivity contribution in [1.29, 1.82) is 0 Å². The molecule has 1 aromatic carbocycles. The number of aromatic nitrogens is 2. The number of anilines is 1. The molecule has 20 heavy (non-hydrogen) atoms. The van der Waals surface area contributed by atoms with Gasteiger partial charge in [-0.1, -0.05) is 12.1 Å². The van der Waals surface area contributed by atoms with Crippen LogP contribution < -0.4 is 16.2 Å². The van der Waals surface area contributed by atoms with Crippen molar-refractivity contribution in [2.75, 3.05) is 5.32 Å². The normalized spacial score (nSPS) is 10.3. The molecular formula is C14H16N4O2. The molecule has 0 fully saturated rings. The van der Waals surface area contributed by atoms with Crippen LogP contribution in [-0.2, 0) is 0 Å². The molecule has 1 heterocycles. The van der Waals surface area contributed by atoms with E-state index in [1.165, 1.54) is 6.07 Å². The lowest BCUT2D eigenvalue weighted by molar-refractivity contribution is 0.250. The van der Waals surface area contributed by atoms with Gasteiger partial charge in [0, 0.05) is 23.4 Å². The number of amides is 2. The number of aromatic amines is 1. The highest BCUT2D eigenvalue weighted by Crippen LogP contribution is 2.18. The molecule has 0 aliphatic carbocycles. The Morgan fingerprint density at radius 1 is 1.15 bits per heavy atom. The molecule has 6 nitrogen and oxygen atoms in total. The van der Waals surface area contributed by atoms with E-state index in [9.17, 15) is 9.59 Å². The molecule has 0 saturated carbocycles. The summed E-state index contributed by atoms with van der Waals surface area (Å²) in [5, 5.41) is 11.8. The minimum atomic E-state index is -0.241. The summed E-state index contributed by atoms with van der Waals surface area (Å²) in [6.45, 7) is 3.79. The number of nitrogens with zero attached hydrogens (tertiary/aromatic N) is 1. The first-order valence-electron chi connectivity index (χ1n) is 6.28. The molecular weight excluding hydrogens is 256 g/mol. The lowest BCUT2D eigenvalue weighted by Crippen LogP contribution is -2.34. The zero-order valence-electron chi connectivity index (χ0n) is 11.3. The number of H-pyrrole nitrogens is 1. The Balaban J connectivity index is 2.08. The van der Waals surface area contributed by atoms with Crippen LogP contribution in [0.1, 0.15) is 13.8 Å². The van der Waals surface area contributed by atoms with Gasteiger partial charge in [0.15, 0.2) is 0 Å². The van der Waals surface area contributed by atoms with Gasteiger partial charge in [0.2, 0.25) is 0 Å². The molecule has 0 saturated heterocycles. The molecule has 2 aromatic rings. The molecule has 0 atom stereocenters. The third-order valence-electron chi connectivity index (χ3n) is 2.54. The van der Waals surface area contributed by atoms with Gasteiger partial charge < -0.3 is 10.6 Å². The highest BCUT2D eigenvalue weighted by Gasteiger charge is 2.04. The van der Waals surface area contributed by atoms with Crippen molar-refractivity contribution in [3.63, 3.8) is 0 Å². The van der Waals surface area contributed by atoms with Crippen molar-refractivity contribution in [3.05, 3.63) is 46.8 Å². The van der Waals surface area contributed by atoms with E-state index in [-0.39, 0.29) is 17.6 Å². The molecule has 104 valence electrons. The Hall–Kier alpha value is -2.63. The van der Waals surface area contributed by atoms with Crippen molar-refractivity contribution in [1.82, 2.24) is 15.5 Å². The van der Waals surface area contributed by atoms with Crippen molar-refractivity contribution < 1.29 is 4.79 Å². The molecule has 3 N–H and O–H groups in total. The fourth-order valence-electron chi connectivity index (χ4n) is 1.66. The second kappa shape index (κ2) is 6.01. The van der Waals surface area contributed by atoms with Crippen molar-refractivity contribution in [2.24, 2.45) is 0 Å². The summed E-state index contributed by atoms with van der Waals surface area (Å²) in [4.78, 5) is 22.5. The predicted molar refractivity (Wildman–Crippen MR) is 77.6 cm³/mol. The van der Waals surface area contributed by atoms with Gasteiger partial charge in [-0.25, -0.2) is 9.89 Å². The SMILES string of the molecule is CC(C)NC(=O)Nc1ccc(-c2ccc(=O)[nH]n2)cc1. The van der Waals surface area contributed by atoms with E-state index in [2.05, 4.69) is 20.8 Å². The smallest absolute Gasteiger partial charge is 0.319 e. The fourth-order valence-corrected chi connectivity index (χ4v) is 1.66. The number of benzene rings is 1. The summed E-state index contributed by atoms with van der Waals surface area (Å²) in [6, 6.07) is 10.1. The van der Waals surface area contributed by atoms with Gasteiger partial charge in [-0.05, 0) is 32.0 Å². The third kappa shape index (κ3) is 3.68. The average Bonchev–Trinajstić information content (AvgIpc) is 2.39. The maximum Gasteiger partial charge on any atom is 0.319 e. The molecule has 2 rings (SSSR count). The van der Waals surface area contributed by atoms with Gasteiger partial charge in [0.25, 0.3) is 5.56 Å². The molecule has 0 aliphatic heterocycles. The predicted octanol–water partition coefficient (Wildman–Crippen LogP) is 1.97. The number of urea groups is 1. The number of hydrogen-bond acceptors (Lipinski definition) is 3. The molecule has 1 aromatic heterocycles. The Labute approximate surface area is 116 Å². The van der Waals surface area contributed by atoms with Gasteiger partial charge in [0.05, 0.1) is 5.69 Å². The minimum absolute atomic E-state index is 0.0830. The van der Waals surface area contributed by atoms with Crippen LogP contribution in [0.2, 0.25) is 0 Å². The van der Waals surface area contributed by atoms with Gasteiger partial charge in [-0.15, -0.1) is 0 Å². The zero-order valence-corrected chi connectivity index (χ0v) is 11.3. The van der Waals surface area contributed by atoms with Crippen molar-refractivity contribution >= 4 is 11.7 Å². The third-order valence-corrected chi connectivity index (χ3v) is 2.54. The van der Waals surface area contributed by atoms with Crippen LogP contribution in [0.15, 0.2) is 41.2 Å². The molecule has 0 bridgehead atoms. The summed E-state index contributed by atoms with van der Waals surface area (Å²) < 4.78 is 0. The van der Waals surface area contributed by atoms with Crippen LogP contribution in [0, 0.1) is 0 Å². The van der Waals surface area contributed by atoms with Crippen LogP contribution >= 0.6 is 0 Å². The Bertz CT molecular complexity index is 626. The lowest BCUT2D eigenvalue weighted by atomic mass is 10.1. The number of rotatable bonds is 3. The Kier molecular flexibility index (Phi) is 4.14. The highest BCUT2D eigenvalue weighted by atomic mass is 16.2. The summed E-state index contributed by atoms with van der Waals surface area (Å²) in [6.07, 6.45) is 0. The Morgan fingerprint density at radius 2 is 1.85 bits per heavy atom. The molecule has 0 spiro atoms. The average molecular weight is 272 g/mol. The molecule has 0 unspecified atom stereocenters. The van der Waals surface area contributed by atoms with E-state index in [1.54, 1.807) is 18.2 Å². The minimum Gasteiger partial charge on any atom is -0.336 e. The first kappa shape index (κ1) is 13.8. The van der Waals surface area contributed by atoms with E-state index < -0.39 is 0 Å². The van der Waals surface area contributed by atoms with Crippen LogP contribution in [0.3, 0.4) is 0 Å². The van der Waals surface area contributed by atoms with E-state index >= 15 is 0 Å². The lowest BCUT2D eigenvalue weighted by Gasteiger charge is -2.10. The van der Waals surface area contributed by atoms with E-state index in [1.807, 2.05) is 26.0 Å². The maximum absolute atomic E-state index is 11.5. The molecule has 0 aliphatic rings. The monoisotopic (exact) mass is 272 g/mol. The van der Waals surface area contributed by atoms with E-state index in [0.717, 1.165) is 5.56 Å². The maximum atomic E-state index is 11.5. The summed E-state index contributed by atoms with van der Waals surface area (Å²) >= 11 is 0. The van der Waals surface area contributed by atoms with Crippen molar-refractivity contribution in [3.8, 4) is 11.3 Å².